The predicted octanol–water partition coefficient (Wildman–Crippen LogP) is 5.61. The number of amides is 1. The maximum absolute atomic E-state index is 14.7. The lowest BCUT2D eigenvalue weighted by Gasteiger charge is -2.38. The molecule has 7 nitrogen and oxygen atoms in total. The Morgan fingerprint density at radius 3 is 2.39 bits per heavy atom. The monoisotopic (exact) mass is 505 g/mol. The minimum atomic E-state index is -4.63. The van der Waals surface area contributed by atoms with E-state index >= 15 is 0 Å². The second-order valence-corrected chi connectivity index (χ2v) is 10.5. The summed E-state index contributed by atoms with van der Waals surface area (Å²) < 4.78 is 60.6. The first-order chi connectivity index (χ1) is 16.9. The fourth-order valence-electron chi connectivity index (χ4n) is 5.17. The molecule has 2 aromatic heterocycles. The van der Waals surface area contributed by atoms with Crippen molar-refractivity contribution in [3.8, 4) is 11.1 Å². The molecule has 36 heavy (non-hydrogen) atoms. The lowest BCUT2D eigenvalue weighted by Crippen LogP contribution is -2.51. The average molecular weight is 506 g/mol. The number of halogens is 4. The fraction of sp³-hybridized carbons (Fsp3) is 0.480. The molecule has 3 atom stereocenters. The summed E-state index contributed by atoms with van der Waals surface area (Å²) in [5, 5.41) is 7.86. The number of fused-ring (bicyclic) bond motifs is 3. The van der Waals surface area contributed by atoms with Crippen LogP contribution in [0.25, 0.3) is 16.8 Å². The molecule has 3 aromatic rings. The second kappa shape index (κ2) is 8.63. The van der Waals surface area contributed by atoms with E-state index < -0.39 is 23.2 Å². The van der Waals surface area contributed by atoms with Crippen LogP contribution in [0.5, 0.6) is 0 Å². The molecule has 2 fully saturated rings. The summed E-state index contributed by atoms with van der Waals surface area (Å²) in [6.07, 6.45) is -1.38. The van der Waals surface area contributed by atoms with E-state index in [4.69, 9.17) is 4.74 Å². The zero-order valence-electron chi connectivity index (χ0n) is 20.1. The van der Waals surface area contributed by atoms with E-state index in [1.54, 1.807) is 23.2 Å². The smallest absolute Gasteiger partial charge is 0.416 e. The lowest BCUT2D eigenvalue weighted by molar-refractivity contribution is -0.137. The highest BCUT2D eigenvalue weighted by Gasteiger charge is 2.44. The fourth-order valence-corrected chi connectivity index (χ4v) is 5.17. The van der Waals surface area contributed by atoms with Crippen LogP contribution in [0.1, 0.15) is 39.2 Å². The van der Waals surface area contributed by atoms with Crippen molar-refractivity contribution in [2.75, 3.05) is 18.4 Å². The Balaban J connectivity index is 1.36. The largest absolute Gasteiger partial charge is 0.444 e. The minimum absolute atomic E-state index is 0.0123. The predicted molar refractivity (Wildman–Crippen MR) is 125 cm³/mol. The van der Waals surface area contributed by atoms with Crippen molar-refractivity contribution in [2.24, 2.45) is 11.8 Å². The number of pyridine rings is 1. The number of nitrogens with one attached hydrogen (secondary N) is 1. The van der Waals surface area contributed by atoms with Crippen molar-refractivity contribution in [2.45, 2.75) is 51.4 Å². The van der Waals surface area contributed by atoms with Gasteiger partial charge in [0.1, 0.15) is 11.4 Å². The van der Waals surface area contributed by atoms with Crippen LogP contribution in [0.3, 0.4) is 0 Å². The van der Waals surface area contributed by atoms with Crippen LogP contribution >= 0.6 is 0 Å². The van der Waals surface area contributed by atoms with Crippen molar-refractivity contribution in [3.05, 3.63) is 47.9 Å². The number of hydrogen-bond donors (Lipinski definition) is 1. The maximum atomic E-state index is 14.7. The molecule has 1 N–H and O–H groups in total. The number of nitrogens with zero attached hydrogens (tertiary/aromatic N) is 4. The number of rotatable bonds is 3. The molecule has 192 valence electrons. The standard InChI is InChI=1S/C25H27F4N5O2/c1-24(2,3)36-23(35)33-12-14-6-7-15(13-33)20(14)30-22-31-21-18(5-4-10-34(21)32-22)17-9-8-16(11-19(17)26)25(27,28)29/h4-5,8-11,14-15,20H,6-7,12-13H2,1-3H3,(H,30,32)/t14-,15+,20?. The van der Waals surface area contributed by atoms with Crippen LogP contribution in [0, 0.1) is 17.7 Å². The highest BCUT2D eigenvalue weighted by molar-refractivity contribution is 5.78. The van der Waals surface area contributed by atoms with E-state index in [2.05, 4.69) is 15.4 Å². The number of piperidine rings is 1. The molecule has 1 unspecified atom stereocenters. The summed E-state index contributed by atoms with van der Waals surface area (Å²) in [5.41, 5.74) is -0.925. The topological polar surface area (TPSA) is 71.8 Å². The van der Waals surface area contributed by atoms with E-state index in [1.165, 1.54) is 4.52 Å². The molecule has 1 aromatic carbocycles. The van der Waals surface area contributed by atoms with Gasteiger partial charge < -0.3 is 15.0 Å². The third-order valence-corrected chi connectivity index (χ3v) is 6.73. The van der Waals surface area contributed by atoms with Gasteiger partial charge in [-0.2, -0.15) is 18.2 Å². The first kappa shape index (κ1) is 24.3. The molecule has 1 aliphatic carbocycles. The summed E-state index contributed by atoms with van der Waals surface area (Å²) in [6, 6.07) is 5.76. The Labute approximate surface area is 205 Å². The number of carbonyl (C=O) groups excluding carboxylic acids is 1. The highest BCUT2D eigenvalue weighted by atomic mass is 19.4. The summed E-state index contributed by atoms with van der Waals surface area (Å²) in [4.78, 5) is 18.9. The van der Waals surface area contributed by atoms with E-state index in [1.807, 2.05) is 20.8 Å². The molecule has 11 heteroatoms. The minimum Gasteiger partial charge on any atom is -0.444 e. The molecule has 1 saturated carbocycles. The number of benzene rings is 1. The quantitative estimate of drug-likeness (QED) is 0.469. The van der Waals surface area contributed by atoms with Crippen molar-refractivity contribution < 1.29 is 27.1 Å². The van der Waals surface area contributed by atoms with Crippen LogP contribution < -0.4 is 5.32 Å². The zero-order chi connectivity index (χ0) is 25.8. The van der Waals surface area contributed by atoms with Crippen LogP contribution in [0.4, 0.5) is 28.3 Å². The van der Waals surface area contributed by atoms with Crippen molar-refractivity contribution in [3.63, 3.8) is 0 Å². The van der Waals surface area contributed by atoms with Crippen molar-refractivity contribution in [1.29, 1.82) is 0 Å². The maximum Gasteiger partial charge on any atom is 0.416 e. The van der Waals surface area contributed by atoms with Gasteiger partial charge in [0.25, 0.3) is 0 Å². The molecule has 3 heterocycles. The molecule has 1 saturated heterocycles. The number of alkyl halides is 3. The highest BCUT2D eigenvalue weighted by Crippen LogP contribution is 2.39. The molecule has 1 amide bonds. The molecule has 2 bridgehead atoms. The van der Waals surface area contributed by atoms with Crippen molar-refractivity contribution >= 4 is 17.7 Å². The Kier molecular flexibility index (Phi) is 5.83. The summed E-state index contributed by atoms with van der Waals surface area (Å²) in [5.74, 6) is -0.227. The van der Waals surface area contributed by atoms with Crippen LogP contribution in [-0.2, 0) is 10.9 Å². The normalized spacial score (nSPS) is 22.2. The van der Waals surface area contributed by atoms with E-state index in [9.17, 15) is 22.4 Å². The summed E-state index contributed by atoms with van der Waals surface area (Å²) in [6.45, 7) is 6.66. The third kappa shape index (κ3) is 4.70. The molecule has 0 radical (unpaired) electrons. The van der Waals surface area contributed by atoms with Gasteiger partial charge in [-0.25, -0.2) is 13.7 Å². The number of likely N-dealkylation sites (tertiary alicyclic amines) is 1. The SMILES string of the molecule is CC(C)(C)OC(=O)N1C[C@H]2CC[C@@H](C1)C2Nc1nc2c(-c3ccc(C(F)(F)F)cc3F)cccn2n1. The number of ether oxygens (including phenoxy) is 1. The number of aromatic nitrogens is 3. The van der Waals surface area contributed by atoms with Gasteiger partial charge in [-0.3, -0.25) is 0 Å². The summed E-state index contributed by atoms with van der Waals surface area (Å²) in [7, 11) is 0. The van der Waals surface area contributed by atoms with Gasteiger partial charge in [-0.05, 0) is 69.7 Å². The van der Waals surface area contributed by atoms with Gasteiger partial charge in [0.15, 0.2) is 5.65 Å². The Morgan fingerprint density at radius 1 is 1.08 bits per heavy atom. The van der Waals surface area contributed by atoms with E-state index in [0.717, 1.165) is 25.0 Å². The van der Waals surface area contributed by atoms with Gasteiger partial charge in [-0.1, -0.05) is 6.07 Å². The van der Waals surface area contributed by atoms with Crippen LogP contribution in [0.15, 0.2) is 36.5 Å². The number of anilines is 1. The van der Waals surface area contributed by atoms with Gasteiger partial charge in [0.05, 0.1) is 5.56 Å². The van der Waals surface area contributed by atoms with Crippen LogP contribution in [0.2, 0.25) is 0 Å². The number of carbonyl (C=O) groups is 1. The molecule has 1 aliphatic heterocycles. The third-order valence-electron chi connectivity index (χ3n) is 6.73. The van der Waals surface area contributed by atoms with E-state index in [-0.39, 0.29) is 29.5 Å². The van der Waals surface area contributed by atoms with Gasteiger partial charge in [0.2, 0.25) is 5.95 Å². The van der Waals surface area contributed by atoms with Crippen molar-refractivity contribution in [1.82, 2.24) is 19.5 Å². The molecular weight excluding hydrogens is 478 g/mol. The first-order valence-electron chi connectivity index (χ1n) is 11.9. The Hall–Kier alpha value is -3.37. The zero-order valence-corrected chi connectivity index (χ0v) is 20.1. The average Bonchev–Trinajstić information content (AvgIpc) is 3.28. The molecule has 2 aliphatic rings. The van der Waals surface area contributed by atoms with Crippen LogP contribution in [-0.4, -0.2) is 50.3 Å². The Bertz CT molecular complexity index is 1290. The lowest BCUT2D eigenvalue weighted by atomic mass is 9.92. The number of hydrogen-bond acceptors (Lipinski definition) is 5. The molecular formula is C25H27F4N5O2. The Morgan fingerprint density at radius 2 is 1.78 bits per heavy atom. The molecule has 0 spiro atoms. The van der Waals surface area contributed by atoms with Gasteiger partial charge >= 0.3 is 12.3 Å². The molecule has 5 rings (SSSR count). The summed E-state index contributed by atoms with van der Waals surface area (Å²) >= 11 is 0. The first-order valence-corrected chi connectivity index (χ1v) is 11.9. The second-order valence-electron chi connectivity index (χ2n) is 10.5. The van der Waals surface area contributed by atoms with Gasteiger partial charge in [0, 0.05) is 36.5 Å². The van der Waals surface area contributed by atoms with E-state index in [0.29, 0.717) is 36.3 Å². The van der Waals surface area contributed by atoms with Gasteiger partial charge in [-0.15, -0.1) is 5.10 Å².